The van der Waals surface area contributed by atoms with Gasteiger partial charge >= 0.3 is 0 Å². The smallest absolute Gasteiger partial charge is 0.254 e. The monoisotopic (exact) mass is 271 g/mol. The van der Waals surface area contributed by atoms with Gasteiger partial charge in [0.15, 0.2) is 5.60 Å². The molecule has 20 heavy (non-hydrogen) atoms. The highest BCUT2D eigenvalue weighted by Gasteiger charge is 2.47. The van der Waals surface area contributed by atoms with E-state index < -0.39 is 5.60 Å². The lowest BCUT2D eigenvalue weighted by Gasteiger charge is -2.14. The van der Waals surface area contributed by atoms with Crippen LogP contribution < -0.4 is 10.1 Å². The van der Waals surface area contributed by atoms with Crippen molar-refractivity contribution in [2.75, 3.05) is 13.7 Å². The van der Waals surface area contributed by atoms with Crippen LogP contribution in [0.25, 0.3) is 10.8 Å². The first kappa shape index (κ1) is 12.9. The first-order valence-corrected chi connectivity index (χ1v) is 6.61. The Bertz CT molecular complexity index is 662. The summed E-state index contributed by atoms with van der Waals surface area (Å²) < 4.78 is 10.6. The highest BCUT2D eigenvalue weighted by Crippen LogP contribution is 2.29. The van der Waals surface area contributed by atoms with Crippen LogP contribution in [0, 0.1) is 0 Å². The lowest BCUT2D eigenvalue weighted by Crippen LogP contribution is -2.34. The highest BCUT2D eigenvalue weighted by atomic mass is 16.6. The second-order valence-electron chi connectivity index (χ2n) is 5.17. The van der Waals surface area contributed by atoms with Gasteiger partial charge in [-0.2, -0.15) is 0 Å². The molecule has 3 rings (SSSR count). The Labute approximate surface area is 117 Å². The van der Waals surface area contributed by atoms with Crippen molar-refractivity contribution in [1.29, 1.82) is 0 Å². The molecule has 104 valence electrons. The van der Waals surface area contributed by atoms with Crippen molar-refractivity contribution in [3.8, 4) is 5.75 Å². The predicted octanol–water partition coefficient (Wildman–Crippen LogP) is 2.25. The molecule has 2 aromatic carbocycles. The first-order chi connectivity index (χ1) is 9.64. The summed E-state index contributed by atoms with van der Waals surface area (Å²) in [5, 5.41) is 5.15. The van der Waals surface area contributed by atoms with Crippen molar-refractivity contribution in [1.82, 2.24) is 5.32 Å². The van der Waals surface area contributed by atoms with Gasteiger partial charge in [-0.15, -0.1) is 0 Å². The summed E-state index contributed by atoms with van der Waals surface area (Å²) in [6, 6.07) is 12.0. The summed E-state index contributed by atoms with van der Waals surface area (Å²) in [6.07, 6.45) is 0. The molecule has 1 atom stereocenters. The Morgan fingerprint density at radius 3 is 2.80 bits per heavy atom. The second kappa shape index (κ2) is 4.80. The van der Waals surface area contributed by atoms with Gasteiger partial charge in [0, 0.05) is 12.1 Å². The first-order valence-electron chi connectivity index (χ1n) is 6.61. The third-order valence-electron chi connectivity index (χ3n) is 3.70. The van der Waals surface area contributed by atoms with Crippen LogP contribution in [0.3, 0.4) is 0 Å². The molecule has 0 saturated carbocycles. The van der Waals surface area contributed by atoms with Gasteiger partial charge in [-0.05, 0) is 23.8 Å². The summed E-state index contributed by atoms with van der Waals surface area (Å²) in [4.78, 5) is 12.0. The number of ether oxygens (including phenoxy) is 2. The van der Waals surface area contributed by atoms with Gasteiger partial charge < -0.3 is 14.8 Å². The van der Waals surface area contributed by atoms with Crippen LogP contribution in [0.1, 0.15) is 12.5 Å². The van der Waals surface area contributed by atoms with E-state index in [1.807, 2.05) is 36.4 Å². The molecule has 1 fully saturated rings. The SMILES string of the molecule is COc1ccc2ccccc2c1CNC(=O)C1(C)CO1. The van der Waals surface area contributed by atoms with Gasteiger partial charge in [0.1, 0.15) is 5.75 Å². The van der Waals surface area contributed by atoms with Gasteiger partial charge in [0.05, 0.1) is 13.7 Å². The average Bonchev–Trinajstić information content (AvgIpc) is 3.23. The van der Waals surface area contributed by atoms with Crippen LogP contribution >= 0.6 is 0 Å². The summed E-state index contributed by atoms with van der Waals surface area (Å²) >= 11 is 0. The van der Waals surface area contributed by atoms with E-state index >= 15 is 0 Å². The maximum atomic E-state index is 12.0. The molecule has 1 saturated heterocycles. The van der Waals surface area contributed by atoms with Crippen LogP contribution in [0.5, 0.6) is 5.75 Å². The van der Waals surface area contributed by atoms with Gasteiger partial charge in [-0.25, -0.2) is 0 Å². The van der Waals surface area contributed by atoms with E-state index in [-0.39, 0.29) is 5.91 Å². The van der Waals surface area contributed by atoms with Crippen LogP contribution in [0.2, 0.25) is 0 Å². The molecular weight excluding hydrogens is 254 g/mol. The minimum absolute atomic E-state index is 0.0764. The third-order valence-corrected chi connectivity index (χ3v) is 3.70. The summed E-state index contributed by atoms with van der Waals surface area (Å²) in [5.74, 6) is 0.707. The Kier molecular flexibility index (Phi) is 3.10. The molecule has 1 N–H and O–H groups in total. The number of nitrogens with one attached hydrogen (secondary N) is 1. The standard InChI is InChI=1S/C16H17NO3/c1-16(10-20-16)15(18)17-9-13-12-6-4-3-5-11(12)7-8-14(13)19-2/h3-8H,9-10H2,1-2H3,(H,17,18). The fourth-order valence-electron chi connectivity index (χ4n) is 2.28. The molecule has 0 aliphatic carbocycles. The van der Waals surface area contributed by atoms with Crippen LogP contribution in [0.4, 0.5) is 0 Å². The Balaban J connectivity index is 1.90. The second-order valence-corrected chi connectivity index (χ2v) is 5.17. The molecule has 0 spiro atoms. The van der Waals surface area contributed by atoms with E-state index in [1.165, 1.54) is 0 Å². The number of benzene rings is 2. The van der Waals surface area contributed by atoms with Gasteiger partial charge in [-0.1, -0.05) is 30.3 Å². The number of hydrogen-bond acceptors (Lipinski definition) is 3. The zero-order valence-corrected chi connectivity index (χ0v) is 11.6. The molecule has 2 aromatic rings. The summed E-state index contributed by atoms with van der Waals surface area (Å²) in [7, 11) is 1.64. The van der Waals surface area contributed by atoms with Gasteiger partial charge in [0.2, 0.25) is 0 Å². The number of amides is 1. The molecular formula is C16H17NO3. The molecule has 0 bridgehead atoms. The minimum atomic E-state index is -0.641. The number of carbonyl (C=O) groups is 1. The fraction of sp³-hybridized carbons (Fsp3) is 0.312. The summed E-state index contributed by atoms with van der Waals surface area (Å²) in [5.41, 5.74) is 0.348. The van der Waals surface area contributed by atoms with E-state index in [0.717, 1.165) is 22.1 Å². The number of fused-ring (bicyclic) bond motifs is 1. The maximum absolute atomic E-state index is 12.0. The lowest BCUT2D eigenvalue weighted by atomic mass is 10.0. The molecule has 1 aliphatic rings. The van der Waals surface area contributed by atoms with Crippen molar-refractivity contribution < 1.29 is 14.3 Å². The molecule has 0 radical (unpaired) electrons. The topological polar surface area (TPSA) is 50.9 Å². The summed E-state index contributed by atoms with van der Waals surface area (Å²) in [6.45, 7) is 2.72. The lowest BCUT2D eigenvalue weighted by molar-refractivity contribution is -0.125. The van der Waals surface area contributed by atoms with E-state index in [0.29, 0.717) is 13.2 Å². The van der Waals surface area contributed by atoms with Crippen LogP contribution in [-0.2, 0) is 16.1 Å². The van der Waals surface area contributed by atoms with E-state index in [9.17, 15) is 4.79 Å². The number of methoxy groups -OCH3 is 1. The molecule has 0 aromatic heterocycles. The Morgan fingerprint density at radius 2 is 2.10 bits per heavy atom. The van der Waals surface area contributed by atoms with E-state index in [1.54, 1.807) is 14.0 Å². The number of carbonyl (C=O) groups excluding carboxylic acids is 1. The van der Waals surface area contributed by atoms with Crippen molar-refractivity contribution in [3.05, 3.63) is 42.0 Å². The molecule has 1 heterocycles. The van der Waals surface area contributed by atoms with Gasteiger partial charge in [-0.3, -0.25) is 4.79 Å². The van der Waals surface area contributed by atoms with Crippen molar-refractivity contribution >= 4 is 16.7 Å². The Hall–Kier alpha value is -2.07. The average molecular weight is 271 g/mol. The van der Waals surface area contributed by atoms with E-state index in [4.69, 9.17) is 9.47 Å². The molecule has 4 heteroatoms. The zero-order valence-electron chi connectivity index (χ0n) is 11.6. The number of hydrogen-bond donors (Lipinski definition) is 1. The predicted molar refractivity (Wildman–Crippen MR) is 76.7 cm³/mol. The third kappa shape index (κ3) is 2.23. The quantitative estimate of drug-likeness (QED) is 0.868. The number of rotatable bonds is 4. The van der Waals surface area contributed by atoms with Gasteiger partial charge in [0.25, 0.3) is 5.91 Å². The van der Waals surface area contributed by atoms with E-state index in [2.05, 4.69) is 5.32 Å². The highest BCUT2D eigenvalue weighted by molar-refractivity contribution is 5.90. The van der Waals surface area contributed by atoms with Crippen molar-refractivity contribution in [2.45, 2.75) is 19.1 Å². The number of epoxide rings is 1. The van der Waals surface area contributed by atoms with Crippen LogP contribution in [0.15, 0.2) is 36.4 Å². The normalized spacial score (nSPS) is 20.7. The fourth-order valence-corrected chi connectivity index (χ4v) is 2.28. The molecule has 1 aliphatic heterocycles. The molecule has 1 unspecified atom stereocenters. The minimum Gasteiger partial charge on any atom is -0.496 e. The maximum Gasteiger partial charge on any atom is 0.254 e. The van der Waals surface area contributed by atoms with Crippen molar-refractivity contribution in [3.63, 3.8) is 0 Å². The molecule has 1 amide bonds. The zero-order chi connectivity index (χ0) is 14.2. The largest absolute Gasteiger partial charge is 0.496 e. The Morgan fingerprint density at radius 1 is 1.35 bits per heavy atom. The molecule has 4 nitrogen and oxygen atoms in total. The van der Waals surface area contributed by atoms with Crippen molar-refractivity contribution in [2.24, 2.45) is 0 Å². The van der Waals surface area contributed by atoms with Crippen LogP contribution in [-0.4, -0.2) is 25.2 Å².